The van der Waals surface area contributed by atoms with E-state index in [1.807, 2.05) is 0 Å². The minimum Gasteiger partial charge on any atom is -0.374 e. The first-order valence-electron chi connectivity index (χ1n) is 7.29. The molecule has 0 bridgehead atoms. The predicted octanol–water partition coefficient (Wildman–Crippen LogP) is 1.88. The van der Waals surface area contributed by atoms with Gasteiger partial charge >= 0.3 is 0 Å². The summed E-state index contributed by atoms with van der Waals surface area (Å²) in [5.74, 6) is 0.794. The van der Waals surface area contributed by atoms with Crippen LogP contribution in [0.25, 0.3) is 0 Å². The Morgan fingerprint density at radius 3 is 2.84 bits per heavy atom. The maximum atomic E-state index is 5.74. The van der Waals surface area contributed by atoms with Gasteiger partial charge < -0.3 is 15.5 Å². The van der Waals surface area contributed by atoms with Gasteiger partial charge in [0.15, 0.2) is 0 Å². The number of hydrogen-bond donors (Lipinski definition) is 1. The summed E-state index contributed by atoms with van der Waals surface area (Å²) >= 11 is 0. The number of aryl methyl sites for hydroxylation is 1. The molecule has 0 aliphatic carbocycles. The highest BCUT2D eigenvalue weighted by Crippen LogP contribution is 2.24. The largest absolute Gasteiger partial charge is 0.374 e. The van der Waals surface area contributed by atoms with Crippen molar-refractivity contribution in [2.45, 2.75) is 19.8 Å². The van der Waals surface area contributed by atoms with Gasteiger partial charge in [-0.1, -0.05) is 17.7 Å². The number of nitrogens with two attached hydrogens (primary N) is 1. The highest BCUT2D eigenvalue weighted by atomic mass is 15.2. The topological polar surface area (TPSA) is 32.5 Å². The fraction of sp³-hybridized carbons (Fsp3) is 0.625. The molecular weight excluding hydrogens is 234 g/mol. The highest BCUT2D eigenvalue weighted by Gasteiger charge is 2.21. The van der Waals surface area contributed by atoms with E-state index in [2.05, 4.69) is 49.0 Å². The number of hydrogen-bond acceptors (Lipinski definition) is 3. The molecule has 2 rings (SSSR count). The van der Waals surface area contributed by atoms with Crippen molar-refractivity contribution in [1.29, 1.82) is 0 Å². The van der Waals surface area contributed by atoms with Crippen LogP contribution in [-0.4, -0.2) is 45.2 Å². The molecule has 1 atom stereocenters. The van der Waals surface area contributed by atoms with Crippen molar-refractivity contribution >= 4 is 5.69 Å². The number of nitrogens with zero attached hydrogens (tertiary/aromatic N) is 2. The average Bonchev–Trinajstić information content (AvgIpc) is 2.75. The molecule has 0 amide bonds. The second kappa shape index (κ2) is 6.40. The molecule has 3 heteroatoms. The third kappa shape index (κ3) is 3.71. The molecular formula is C16H27N3. The molecule has 1 heterocycles. The fourth-order valence-corrected chi connectivity index (χ4v) is 3.10. The number of benzene rings is 1. The summed E-state index contributed by atoms with van der Waals surface area (Å²) in [5, 5.41) is 0. The minimum absolute atomic E-state index is 0.719. The van der Waals surface area contributed by atoms with Gasteiger partial charge in [0.1, 0.15) is 0 Å². The summed E-state index contributed by atoms with van der Waals surface area (Å²) in [6, 6.07) is 6.73. The number of anilines is 1. The van der Waals surface area contributed by atoms with E-state index >= 15 is 0 Å². The molecule has 1 saturated heterocycles. The van der Waals surface area contributed by atoms with Crippen molar-refractivity contribution in [3.8, 4) is 0 Å². The lowest BCUT2D eigenvalue weighted by atomic mass is 10.0. The van der Waals surface area contributed by atoms with Crippen LogP contribution in [0.4, 0.5) is 5.69 Å². The van der Waals surface area contributed by atoms with E-state index in [1.165, 1.54) is 36.3 Å². The minimum atomic E-state index is 0.719. The Kier molecular flexibility index (Phi) is 4.83. The molecule has 1 aromatic rings. The van der Waals surface area contributed by atoms with E-state index in [4.69, 9.17) is 5.73 Å². The van der Waals surface area contributed by atoms with Gasteiger partial charge in [-0.15, -0.1) is 0 Å². The van der Waals surface area contributed by atoms with Crippen LogP contribution < -0.4 is 10.6 Å². The maximum Gasteiger partial charge on any atom is 0.0396 e. The summed E-state index contributed by atoms with van der Waals surface area (Å²) in [6.45, 7) is 6.47. The zero-order chi connectivity index (χ0) is 13.8. The van der Waals surface area contributed by atoms with E-state index in [1.54, 1.807) is 0 Å². The maximum absolute atomic E-state index is 5.74. The first-order valence-corrected chi connectivity index (χ1v) is 7.29. The molecule has 2 N–H and O–H groups in total. The summed E-state index contributed by atoms with van der Waals surface area (Å²) in [5.41, 5.74) is 9.79. The van der Waals surface area contributed by atoms with Crippen LogP contribution in [-0.2, 0) is 6.42 Å². The second-order valence-corrected chi connectivity index (χ2v) is 5.97. The molecule has 19 heavy (non-hydrogen) atoms. The molecule has 0 radical (unpaired) electrons. The van der Waals surface area contributed by atoms with Gasteiger partial charge in [-0.05, 0) is 57.5 Å². The Balaban J connectivity index is 2.07. The highest BCUT2D eigenvalue weighted by molar-refractivity contribution is 5.54. The molecule has 1 fully saturated rings. The first kappa shape index (κ1) is 14.4. The van der Waals surface area contributed by atoms with Crippen LogP contribution in [0.15, 0.2) is 18.2 Å². The molecule has 0 saturated carbocycles. The summed E-state index contributed by atoms with van der Waals surface area (Å²) in [7, 11) is 4.43. The lowest BCUT2D eigenvalue weighted by Gasteiger charge is -2.26. The molecule has 3 nitrogen and oxygen atoms in total. The van der Waals surface area contributed by atoms with Gasteiger partial charge in [0.05, 0.1) is 0 Å². The Bertz CT molecular complexity index is 416. The smallest absolute Gasteiger partial charge is 0.0396 e. The van der Waals surface area contributed by atoms with E-state index in [9.17, 15) is 0 Å². The third-order valence-electron chi connectivity index (χ3n) is 4.08. The average molecular weight is 261 g/mol. The molecule has 0 spiro atoms. The summed E-state index contributed by atoms with van der Waals surface area (Å²) in [4.78, 5) is 4.84. The zero-order valence-corrected chi connectivity index (χ0v) is 12.5. The van der Waals surface area contributed by atoms with Gasteiger partial charge in [0.2, 0.25) is 0 Å². The second-order valence-electron chi connectivity index (χ2n) is 5.97. The van der Waals surface area contributed by atoms with Crippen molar-refractivity contribution < 1.29 is 0 Å². The lowest BCUT2D eigenvalue weighted by molar-refractivity contribution is 0.396. The molecule has 1 aliphatic rings. The Labute approximate surface area is 117 Å². The third-order valence-corrected chi connectivity index (χ3v) is 4.08. The van der Waals surface area contributed by atoms with Crippen LogP contribution in [0.1, 0.15) is 17.5 Å². The molecule has 1 aliphatic heterocycles. The zero-order valence-electron chi connectivity index (χ0n) is 12.5. The Morgan fingerprint density at radius 2 is 2.21 bits per heavy atom. The first-order chi connectivity index (χ1) is 9.10. The van der Waals surface area contributed by atoms with E-state index < -0.39 is 0 Å². The van der Waals surface area contributed by atoms with E-state index in [0.717, 1.165) is 25.4 Å². The van der Waals surface area contributed by atoms with Gasteiger partial charge in [-0.25, -0.2) is 0 Å². The van der Waals surface area contributed by atoms with Gasteiger partial charge in [-0.2, -0.15) is 0 Å². The van der Waals surface area contributed by atoms with E-state index in [-0.39, 0.29) is 0 Å². The Morgan fingerprint density at radius 1 is 1.42 bits per heavy atom. The van der Waals surface area contributed by atoms with E-state index in [0.29, 0.717) is 0 Å². The van der Waals surface area contributed by atoms with Gasteiger partial charge in [-0.3, -0.25) is 0 Å². The standard InChI is InChI=1S/C16H27N3/c1-13-4-5-16(15(10-13)6-8-17)19(3)12-14-7-9-18(2)11-14/h4-5,10,14H,6-9,11-12,17H2,1-3H3. The van der Waals surface area contributed by atoms with Crippen molar-refractivity contribution in [2.24, 2.45) is 11.7 Å². The quantitative estimate of drug-likeness (QED) is 0.878. The molecule has 1 unspecified atom stereocenters. The normalized spacial score (nSPS) is 19.9. The van der Waals surface area contributed by atoms with Crippen molar-refractivity contribution in [3.63, 3.8) is 0 Å². The van der Waals surface area contributed by atoms with Gasteiger partial charge in [0.25, 0.3) is 0 Å². The van der Waals surface area contributed by atoms with Crippen LogP contribution in [0.5, 0.6) is 0 Å². The SMILES string of the molecule is Cc1ccc(N(C)CC2CCN(C)C2)c(CCN)c1. The van der Waals surface area contributed by atoms with Crippen LogP contribution >= 0.6 is 0 Å². The van der Waals surface area contributed by atoms with Crippen LogP contribution in [0, 0.1) is 12.8 Å². The molecule has 0 aromatic heterocycles. The van der Waals surface area contributed by atoms with Crippen molar-refractivity contribution in [3.05, 3.63) is 29.3 Å². The van der Waals surface area contributed by atoms with Crippen molar-refractivity contribution in [1.82, 2.24) is 4.90 Å². The molecule has 106 valence electrons. The van der Waals surface area contributed by atoms with Crippen LogP contribution in [0.3, 0.4) is 0 Å². The fourth-order valence-electron chi connectivity index (χ4n) is 3.10. The Hall–Kier alpha value is -1.06. The number of rotatable bonds is 5. The van der Waals surface area contributed by atoms with Gasteiger partial charge in [0, 0.05) is 25.8 Å². The number of likely N-dealkylation sites (tertiary alicyclic amines) is 1. The summed E-state index contributed by atoms with van der Waals surface area (Å²) < 4.78 is 0. The summed E-state index contributed by atoms with van der Waals surface area (Å²) in [6.07, 6.45) is 2.28. The monoisotopic (exact) mass is 261 g/mol. The predicted molar refractivity (Wildman–Crippen MR) is 82.8 cm³/mol. The van der Waals surface area contributed by atoms with Crippen LogP contribution in [0.2, 0.25) is 0 Å². The molecule has 1 aromatic carbocycles. The van der Waals surface area contributed by atoms with Crippen molar-refractivity contribution in [2.75, 3.05) is 45.2 Å². The lowest BCUT2D eigenvalue weighted by Crippen LogP contribution is -2.28.